The van der Waals surface area contributed by atoms with Crippen LogP contribution in [0.25, 0.3) is 0 Å². The number of hydrogen-bond donors (Lipinski definition) is 0. The van der Waals surface area contributed by atoms with Gasteiger partial charge in [-0.05, 0) is 24.3 Å². The van der Waals surface area contributed by atoms with Gasteiger partial charge in [-0.1, -0.05) is 0 Å². The van der Waals surface area contributed by atoms with E-state index in [9.17, 15) is 28.8 Å². The molecule has 1 saturated carbocycles. The molecule has 2 saturated heterocycles. The van der Waals surface area contributed by atoms with E-state index in [4.69, 9.17) is 56.8 Å². The second-order valence-corrected chi connectivity index (χ2v) is 12.4. The maximum Gasteiger partial charge on any atom is 0.338 e. The molecule has 1 aromatic rings. The predicted molar refractivity (Wildman–Crippen MR) is 167 cm³/mol. The fraction of sp³-hybridized carbons (Fsp3) is 0.588. The summed E-state index contributed by atoms with van der Waals surface area (Å²) in [6.07, 6.45) is -7.41. The van der Waals surface area contributed by atoms with Crippen molar-refractivity contribution in [1.82, 2.24) is 0 Å². The lowest BCUT2D eigenvalue weighted by molar-refractivity contribution is -0.346. The lowest BCUT2D eigenvalue weighted by atomic mass is 9.85. The van der Waals surface area contributed by atoms with Crippen molar-refractivity contribution in [2.24, 2.45) is 11.8 Å². The standard InChI is InChI=1S/C34H40O18/c1-15(35)44-13-24-27(46-17(3)37)28(47-18(4)38)29(48-19(5)39)33(49-24)51-32-25-21(10-11-43-32)26(30-34(25,52-30)14-45-16(2)36)50-31(40)20-8-9-22(41-6)23(12-20)42-7/h8-12,21,24-30,32-33H,13-14H2,1-7H3/t21-,24-,25-,26+,27-,28+,29-,30+,32+,33+,34-/m1/s1. The van der Waals surface area contributed by atoms with Gasteiger partial charge >= 0.3 is 35.8 Å². The third-order valence-corrected chi connectivity index (χ3v) is 8.81. The lowest BCUT2D eigenvalue weighted by Crippen LogP contribution is -2.64. The van der Waals surface area contributed by atoms with Crippen LogP contribution in [0.5, 0.6) is 11.5 Å². The highest BCUT2D eigenvalue weighted by Crippen LogP contribution is 2.61. The highest BCUT2D eigenvalue weighted by molar-refractivity contribution is 5.90. The molecule has 3 heterocycles. The molecule has 0 aromatic heterocycles. The van der Waals surface area contributed by atoms with Crippen LogP contribution >= 0.6 is 0 Å². The van der Waals surface area contributed by atoms with Crippen LogP contribution in [0, 0.1) is 11.8 Å². The third kappa shape index (κ3) is 8.08. The number of ether oxygens (including phenoxy) is 12. The molecule has 0 radical (unpaired) electrons. The van der Waals surface area contributed by atoms with Gasteiger partial charge in [-0.15, -0.1) is 0 Å². The van der Waals surface area contributed by atoms with Crippen molar-refractivity contribution in [3.63, 3.8) is 0 Å². The molecular formula is C34H40O18. The van der Waals surface area contributed by atoms with Gasteiger partial charge in [0.05, 0.1) is 32.0 Å². The Morgan fingerprint density at radius 2 is 1.35 bits per heavy atom. The fourth-order valence-corrected chi connectivity index (χ4v) is 6.76. The number of methoxy groups -OCH3 is 2. The predicted octanol–water partition coefficient (Wildman–Crippen LogP) is 1.15. The highest BCUT2D eigenvalue weighted by Gasteiger charge is 2.78. The number of carbonyl (C=O) groups is 6. The molecule has 11 atom stereocenters. The first-order valence-electron chi connectivity index (χ1n) is 16.2. The van der Waals surface area contributed by atoms with Gasteiger partial charge in [0.1, 0.15) is 37.1 Å². The fourth-order valence-electron chi connectivity index (χ4n) is 6.76. The van der Waals surface area contributed by atoms with E-state index in [0.717, 1.165) is 27.7 Å². The zero-order valence-corrected chi connectivity index (χ0v) is 29.4. The summed E-state index contributed by atoms with van der Waals surface area (Å²) >= 11 is 0. The molecule has 284 valence electrons. The number of benzene rings is 1. The number of fused-ring (bicyclic) bond motifs is 3. The summed E-state index contributed by atoms with van der Waals surface area (Å²) in [6.45, 7) is 4.90. The number of carbonyl (C=O) groups excluding carboxylic acids is 6. The first-order valence-corrected chi connectivity index (χ1v) is 16.2. The van der Waals surface area contributed by atoms with Gasteiger partial charge in [-0.3, -0.25) is 24.0 Å². The lowest BCUT2D eigenvalue weighted by Gasteiger charge is -2.46. The molecule has 52 heavy (non-hydrogen) atoms. The molecule has 5 rings (SSSR count). The molecule has 1 aromatic carbocycles. The molecule has 0 N–H and O–H groups in total. The Labute approximate surface area is 297 Å². The zero-order valence-electron chi connectivity index (χ0n) is 29.4. The van der Waals surface area contributed by atoms with E-state index in [1.807, 2.05) is 0 Å². The van der Waals surface area contributed by atoms with E-state index in [-0.39, 0.29) is 12.2 Å². The van der Waals surface area contributed by atoms with Gasteiger partial charge in [0.25, 0.3) is 0 Å². The SMILES string of the molecule is COc1ccc(C(=O)O[C@H]2[C@@H]3C=CO[C@@H](O[C@@H]4O[C@H](COC(C)=O)[C@@H](OC(C)=O)[C@H](OC(C)=O)[C@H]4OC(C)=O)[C@@H]3[C@@]3(COC(C)=O)O[C@@H]23)cc1OC. The average molecular weight is 737 g/mol. The van der Waals surface area contributed by atoms with Crippen LogP contribution in [0.4, 0.5) is 0 Å². The quantitative estimate of drug-likeness (QED) is 0.158. The molecular weight excluding hydrogens is 696 g/mol. The van der Waals surface area contributed by atoms with Gasteiger partial charge in [0, 0.05) is 40.5 Å². The maximum absolute atomic E-state index is 13.5. The number of rotatable bonds is 13. The van der Waals surface area contributed by atoms with E-state index >= 15 is 0 Å². The van der Waals surface area contributed by atoms with Crippen molar-refractivity contribution in [1.29, 1.82) is 0 Å². The van der Waals surface area contributed by atoms with Crippen molar-refractivity contribution in [2.45, 2.75) is 89.4 Å². The summed E-state index contributed by atoms with van der Waals surface area (Å²) in [5.41, 5.74) is -1.11. The van der Waals surface area contributed by atoms with Crippen LogP contribution in [0.2, 0.25) is 0 Å². The molecule has 3 aliphatic heterocycles. The van der Waals surface area contributed by atoms with Gasteiger partial charge in [-0.25, -0.2) is 4.79 Å². The van der Waals surface area contributed by atoms with Crippen molar-refractivity contribution >= 4 is 35.8 Å². The summed E-state index contributed by atoms with van der Waals surface area (Å²) in [4.78, 5) is 74.0. The first-order chi connectivity index (χ1) is 24.7. The average Bonchev–Trinajstić information content (AvgIpc) is 3.75. The molecule has 1 aliphatic carbocycles. The molecule has 18 heteroatoms. The van der Waals surface area contributed by atoms with Gasteiger partial charge in [0.2, 0.25) is 12.6 Å². The number of hydrogen-bond acceptors (Lipinski definition) is 18. The summed E-state index contributed by atoms with van der Waals surface area (Å²) in [5, 5.41) is 0. The Kier molecular flexibility index (Phi) is 11.6. The molecule has 3 fully saturated rings. The Morgan fingerprint density at radius 1 is 0.712 bits per heavy atom. The third-order valence-electron chi connectivity index (χ3n) is 8.81. The molecule has 0 spiro atoms. The van der Waals surface area contributed by atoms with Crippen molar-refractivity contribution in [3.05, 3.63) is 36.1 Å². The van der Waals surface area contributed by atoms with Crippen LogP contribution in [0.3, 0.4) is 0 Å². The molecule has 0 amide bonds. The first kappa shape index (κ1) is 38.3. The van der Waals surface area contributed by atoms with Crippen LogP contribution in [0.15, 0.2) is 30.5 Å². The van der Waals surface area contributed by atoms with Crippen LogP contribution in [0.1, 0.15) is 45.0 Å². The van der Waals surface area contributed by atoms with Gasteiger partial charge < -0.3 is 56.8 Å². The highest BCUT2D eigenvalue weighted by atomic mass is 16.8. The Balaban J connectivity index is 1.47. The minimum atomic E-state index is -1.60. The maximum atomic E-state index is 13.5. The van der Waals surface area contributed by atoms with E-state index in [1.165, 1.54) is 39.5 Å². The number of esters is 6. The molecule has 0 bridgehead atoms. The molecule has 4 aliphatic rings. The second-order valence-electron chi connectivity index (χ2n) is 12.4. The van der Waals surface area contributed by atoms with Gasteiger partial charge in [-0.2, -0.15) is 0 Å². The summed E-state index contributed by atoms with van der Waals surface area (Å²) in [6, 6.07) is 4.52. The summed E-state index contributed by atoms with van der Waals surface area (Å²) in [7, 11) is 2.88. The Morgan fingerprint density at radius 3 is 1.96 bits per heavy atom. The monoisotopic (exact) mass is 736 g/mol. The molecule has 0 unspecified atom stereocenters. The zero-order chi connectivity index (χ0) is 37.9. The Bertz CT molecular complexity index is 1590. The largest absolute Gasteiger partial charge is 0.493 e. The minimum Gasteiger partial charge on any atom is -0.493 e. The van der Waals surface area contributed by atoms with Crippen LogP contribution in [-0.4, -0.2) is 118 Å². The van der Waals surface area contributed by atoms with Gasteiger partial charge in [0.15, 0.2) is 29.8 Å². The van der Waals surface area contributed by atoms with E-state index < -0.39 is 109 Å². The normalized spacial score (nSPS) is 32.4. The van der Waals surface area contributed by atoms with Crippen LogP contribution < -0.4 is 9.47 Å². The Hall–Kier alpha value is -4.94. The van der Waals surface area contributed by atoms with Crippen LogP contribution in [-0.2, 0) is 71.3 Å². The van der Waals surface area contributed by atoms with E-state index in [1.54, 1.807) is 12.1 Å². The minimum absolute atomic E-state index is 0.161. The number of epoxide rings is 1. The topological polar surface area (TPSA) is 216 Å². The summed E-state index contributed by atoms with van der Waals surface area (Å²) in [5.74, 6) is -5.23. The second kappa shape index (κ2) is 15.7. The van der Waals surface area contributed by atoms with E-state index in [2.05, 4.69) is 0 Å². The van der Waals surface area contributed by atoms with Crippen molar-refractivity contribution < 1.29 is 85.6 Å². The van der Waals surface area contributed by atoms with Crippen molar-refractivity contribution in [2.75, 3.05) is 27.4 Å². The van der Waals surface area contributed by atoms with Crippen molar-refractivity contribution in [3.8, 4) is 11.5 Å². The smallest absolute Gasteiger partial charge is 0.338 e. The summed E-state index contributed by atoms with van der Waals surface area (Å²) < 4.78 is 68.1. The van der Waals surface area contributed by atoms with E-state index in [0.29, 0.717) is 11.5 Å². The molecule has 18 nitrogen and oxygen atoms in total.